The number of pyridine rings is 1. The first-order valence-corrected chi connectivity index (χ1v) is 4.91. The predicted molar refractivity (Wildman–Crippen MR) is 61.7 cm³/mol. The molecule has 0 fully saturated rings. The number of hydrogen-bond donors (Lipinski definition) is 1. The number of nitrogens with two attached hydrogens (primary N) is 1. The molecule has 4 nitrogen and oxygen atoms in total. The standard InChI is InChI=1S/C12H11FN2O2/c1-16-11-6-12(10(14)5-9(11)13)17-8-3-2-4-15-7-8/h2-7H,14H2,1H3. The first-order valence-electron chi connectivity index (χ1n) is 4.91. The predicted octanol–water partition coefficient (Wildman–Crippen LogP) is 2.60. The Morgan fingerprint density at radius 1 is 1.29 bits per heavy atom. The van der Waals surface area contributed by atoms with Gasteiger partial charge < -0.3 is 15.2 Å². The molecule has 0 aliphatic rings. The summed E-state index contributed by atoms with van der Waals surface area (Å²) in [6.45, 7) is 0. The highest BCUT2D eigenvalue weighted by molar-refractivity contribution is 5.57. The first kappa shape index (κ1) is 11.2. The third kappa shape index (κ3) is 2.44. The fourth-order valence-electron chi connectivity index (χ4n) is 1.33. The van der Waals surface area contributed by atoms with Crippen LogP contribution in [-0.4, -0.2) is 12.1 Å². The van der Waals surface area contributed by atoms with Gasteiger partial charge in [-0.1, -0.05) is 0 Å². The van der Waals surface area contributed by atoms with Gasteiger partial charge in [-0.2, -0.15) is 0 Å². The average Bonchev–Trinajstić information content (AvgIpc) is 2.34. The summed E-state index contributed by atoms with van der Waals surface area (Å²) in [6.07, 6.45) is 3.16. The minimum Gasteiger partial charge on any atom is -0.494 e. The van der Waals surface area contributed by atoms with Gasteiger partial charge in [0.05, 0.1) is 19.0 Å². The fraction of sp³-hybridized carbons (Fsp3) is 0.0833. The Balaban J connectivity index is 2.33. The molecule has 17 heavy (non-hydrogen) atoms. The van der Waals surface area contributed by atoms with E-state index >= 15 is 0 Å². The molecular formula is C12H11FN2O2. The second-order valence-corrected chi connectivity index (χ2v) is 3.32. The Morgan fingerprint density at radius 2 is 2.12 bits per heavy atom. The van der Waals surface area contributed by atoms with E-state index in [0.29, 0.717) is 11.5 Å². The van der Waals surface area contributed by atoms with Crippen LogP contribution in [0.3, 0.4) is 0 Å². The van der Waals surface area contributed by atoms with Crippen molar-refractivity contribution in [2.24, 2.45) is 0 Å². The van der Waals surface area contributed by atoms with Crippen LogP contribution < -0.4 is 15.2 Å². The van der Waals surface area contributed by atoms with E-state index in [2.05, 4.69) is 4.98 Å². The van der Waals surface area contributed by atoms with Crippen molar-refractivity contribution in [1.82, 2.24) is 4.98 Å². The van der Waals surface area contributed by atoms with Crippen LogP contribution in [0, 0.1) is 5.82 Å². The van der Waals surface area contributed by atoms with E-state index < -0.39 is 5.82 Å². The van der Waals surface area contributed by atoms with Crippen LogP contribution >= 0.6 is 0 Å². The SMILES string of the molecule is COc1cc(Oc2cccnc2)c(N)cc1F. The topological polar surface area (TPSA) is 57.4 Å². The molecule has 0 radical (unpaired) electrons. The lowest BCUT2D eigenvalue weighted by molar-refractivity contribution is 0.382. The van der Waals surface area contributed by atoms with Crippen molar-refractivity contribution in [2.45, 2.75) is 0 Å². The molecule has 2 N–H and O–H groups in total. The van der Waals surface area contributed by atoms with Crippen molar-refractivity contribution in [3.8, 4) is 17.2 Å². The van der Waals surface area contributed by atoms with Gasteiger partial charge >= 0.3 is 0 Å². The zero-order chi connectivity index (χ0) is 12.3. The van der Waals surface area contributed by atoms with Gasteiger partial charge in [-0.05, 0) is 12.1 Å². The van der Waals surface area contributed by atoms with Gasteiger partial charge in [-0.25, -0.2) is 4.39 Å². The first-order chi connectivity index (χ1) is 8.20. The summed E-state index contributed by atoms with van der Waals surface area (Å²) in [5.74, 6) is 0.408. The number of benzene rings is 1. The summed E-state index contributed by atoms with van der Waals surface area (Å²) in [4.78, 5) is 3.90. The van der Waals surface area contributed by atoms with E-state index in [4.69, 9.17) is 15.2 Å². The Labute approximate surface area is 97.8 Å². The molecule has 1 aromatic carbocycles. The number of nitrogen functional groups attached to an aromatic ring is 1. The highest BCUT2D eigenvalue weighted by Gasteiger charge is 2.10. The Morgan fingerprint density at radius 3 is 2.76 bits per heavy atom. The quantitative estimate of drug-likeness (QED) is 0.829. The second kappa shape index (κ2) is 4.69. The second-order valence-electron chi connectivity index (χ2n) is 3.32. The van der Waals surface area contributed by atoms with E-state index in [0.717, 1.165) is 6.07 Å². The molecule has 0 saturated carbocycles. The summed E-state index contributed by atoms with van der Waals surface area (Å²) >= 11 is 0. The summed E-state index contributed by atoms with van der Waals surface area (Å²) in [5.41, 5.74) is 5.85. The molecule has 0 bridgehead atoms. The highest BCUT2D eigenvalue weighted by Crippen LogP contribution is 2.32. The van der Waals surface area contributed by atoms with E-state index in [-0.39, 0.29) is 11.4 Å². The largest absolute Gasteiger partial charge is 0.494 e. The monoisotopic (exact) mass is 234 g/mol. The van der Waals surface area contributed by atoms with Crippen LogP contribution in [0.5, 0.6) is 17.2 Å². The van der Waals surface area contributed by atoms with Crippen molar-refractivity contribution in [3.63, 3.8) is 0 Å². The molecule has 0 atom stereocenters. The van der Waals surface area contributed by atoms with Gasteiger partial charge in [0, 0.05) is 18.3 Å². The maximum atomic E-state index is 13.3. The number of hydrogen-bond acceptors (Lipinski definition) is 4. The molecular weight excluding hydrogens is 223 g/mol. The van der Waals surface area contributed by atoms with Crippen LogP contribution in [0.25, 0.3) is 0 Å². The van der Waals surface area contributed by atoms with Gasteiger partial charge in [0.2, 0.25) is 0 Å². The highest BCUT2D eigenvalue weighted by atomic mass is 19.1. The van der Waals surface area contributed by atoms with Gasteiger partial charge in [-0.15, -0.1) is 0 Å². The van der Waals surface area contributed by atoms with E-state index in [1.807, 2.05) is 0 Å². The number of aromatic nitrogens is 1. The number of methoxy groups -OCH3 is 1. The number of ether oxygens (including phenoxy) is 2. The molecule has 0 unspecified atom stereocenters. The summed E-state index contributed by atoms with van der Waals surface area (Å²) in [7, 11) is 1.38. The average molecular weight is 234 g/mol. The molecule has 0 amide bonds. The van der Waals surface area contributed by atoms with Crippen LogP contribution in [0.2, 0.25) is 0 Å². The lowest BCUT2D eigenvalue weighted by Crippen LogP contribution is -1.96. The molecule has 0 saturated heterocycles. The number of rotatable bonds is 3. The molecule has 0 aliphatic heterocycles. The number of nitrogens with zero attached hydrogens (tertiary/aromatic N) is 1. The normalized spacial score (nSPS) is 10.0. The molecule has 5 heteroatoms. The number of anilines is 1. The third-order valence-electron chi connectivity index (χ3n) is 2.15. The summed E-state index contributed by atoms with van der Waals surface area (Å²) in [6, 6.07) is 6.01. The Hall–Kier alpha value is -2.30. The molecule has 0 spiro atoms. The molecule has 1 aromatic heterocycles. The zero-order valence-electron chi connectivity index (χ0n) is 9.18. The van der Waals surface area contributed by atoms with E-state index in [9.17, 15) is 4.39 Å². The fourth-order valence-corrected chi connectivity index (χ4v) is 1.33. The van der Waals surface area contributed by atoms with Gasteiger partial charge in [0.15, 0.2) is 17.3 Å². The maximum Gasteiger partial charge on any atom is 0.167 e. The van der Waals surface area contributed by atoms with E-state index in [1.54, 1.807) is 18.3 Å². The van der Waals surface area contributed by atoms with Crippen LogP contribution in [-0.2, 0) is 0 Å². The minimum atomic E-state index is -0.525. The summed E-state index contributed by atoms with van der Waals surface area (Å²) in [5, 5.41) is 0. The van der Waals surface area contributed by atoms with Crippen LogP contribution in [0.1, 0.15) is 0 Å². The molecule has 88 valence electrons. The molecule has 0 aliphatic carbocycles. The van der Waals surface area contributed by atoms with Gasteiger partial charge in [0.25, 0.3) is 0 Å². The third-order valence-corrected chi connectivity index (χ3v) is 2.15. The van der Waals surface area contributed by atoms with Gasteiger partial charge in [0.1, 0.15) is 5.75 Å². The van der Waals surface area contributed by atoms with Crippen LogP contribution in [0.4, 0.5) is 10.1 Å². The van der Waals surface area contributed by atoms with E-state index in [1.165, 1.54) is 19.4 Å². The molecule has 2 rings (SSSR count). The lowest BCUT2D eigenvalue weighted by Gasteiger charge is -2.10. The summed E-state index contributed by atoms with van der Waals surface area (Å²) < 4.78 is 23.6. The van der Waals surface area contributed by atoms with Crippen molar-refractivity contribution in [3.05, 3.63) is 42.5 Å². The zero-order valence-corrected chi connectivity index (χ0v) is 9.18. The Kier molecular flexibility index (Phi) is 3.09. The van der Waals surface area contributed by atoms with Crippen molar-refractivity contribution in [1.29, 1.82) is 0 Å². The van der Waals surface area contributed by atoms with Crippen LogP contribution in [0.15, 0.2) is 36.7 Å². The van der Waals surface area contributed by atoms with Crippen molar-refractivity contribution < 1.29 is 13.9 Å². The number of halogens is 1. The minimum absolute atomic E-state index is 0.0816. The lowest BCUT2D eigenvalue weighted by atomic mass is 10.2. The van der Waals surface area contributed by atoms with Gasteiger partial charge in [-0.3, -0.25) is 4.98 Å². The smallest absolute Gasteiger partial charge is 0.167 e. The molecule has 2 aromatic rings. The maximum absolute atomic E-state index is 13.3. The Bertz CT molecular complexity index is 517. The van der Waals surface area contributed by atoms with Crippen molar-refractivity contribution >= 4 is 5.69 Å². The van der Waals surface area contributed by atoms with Crippen molar-refractivity contribution in [2.75, 3.05) is 12.8 Å². The molecule has 1 heterocycles.